The van der Waals surface area contributed by atoms with Gasteiger partial charge in [0.25, 0.3) is 0 Å². The summed E-state index contributed by atoms with van der Waals surface area (Å²) in [4.78, 5) is 16.6. The molecule has 0 fully saturated rings. The number of aryl methyl sites for hydroxylation is 4. The van der Waals surface area contributed by atoms with E-state index in [1.165, 1.54) is 5.56 Å². The molecule has 5 heteroatoms. The van der Waals surface area contributed by atoms with Gasteiger partial charge in [-0.05, 0) is 44.0 Å². The minimum atomic E-state index is -0.0385. The van der Waals surface area contributed by atoms with Crippen molar-refractivity contribution in [2.45, 2.75) is 33.6 Å². The third-order valence-corrected chi connectivity index (χ3v) is 4.72. The van der Waals surface area contributed by atoms with Gasteiger partial charge in [-0.3, -0.25) is 4.79 Å². The van der Waals surface area contributed by atoms with Crippen LogP contribution in [0.3, 0.4) is 0 Å². The summed E-state index contributed by atoms with van der Waals surface area (Å²) in [5.41, 5.74) is 5.19. The number of hydrogen-bond acceptors (Lipinski definition) is 3. The molecule has 1 aromatic heterocycles. The molecule has 0 spiro atoms. The van der Waals surface area contributed by atoms with Gasteiger partial charge in [0, 0.05) is 28.6 Å². The largest absolute Gasteiger partial charge is 0.441 e. The van der Waals surface area contributed by atoms with Crippen LogP contribution in [-0.4, -0.2) is 10.9 Å². The van der Waals surface area contributed by atoms with Crippen molar-refractivity contribution < 1.29 is 9.21 Å². The number of oxazole rings is 1. The second kappa shape index (κ2) is 7.87. The molecule has 4 nitrogen and oxygen atoms in total. The van der Waals surface area contributed by atoms with Crippen LogP contribution in [0.1, 0.15) is 29.0 Å². The van der Waals surface area contributed by atoms with Crippen LogP contribution in [0.5, 0.6) is 0 Å². The number of nitrogens with one attached hydrogen (secondary N) is 1. The molecular formula is C21H21BrN2O2. The molecule has 1 N–H and O–H groups in total. The zero-order valence-electron chi connectivity index (χ0n) is 15.1. The number of carbonyl (C=O) groups excluding carboxylic acids is 1. The van der Waals surface area contributed by atoms with Crippen LogP contribution in [0.2, 0.25) is 0 Å². The third kappa shape index (κ3) is 4.41. The average Bonchev–Trinajstić information content (AvgIpc) is 3.06. The lowest BCUT2D eigenvalue weighted by Crippen LogP contribution is -2.14. The molecule has 0 saturated carbocycles. The Hall–Kier alpha value is -2.40. The van der Waals surface area contributed by atoms with Crippen molar-refractivity contribution in [2.75, 3.05) is 5.32 Å². The highest BCUT2D eigenvalue weighted by Gasteiger charge is 2.11. The molecule has 1 heterocycles. The highest BCUT2D eigenvalue weighted by Crippen LogP contribution is 2.24. The summed E-state index contributed by atoms with van der Waals surface area (Å²) >= 11 is 3.41. The minimum Gasteiger partial charge on any atom is -0.441 e. The van der Waals surface area contributed by atoms with E-state index in [2.05, 4.69) is 45.3 Å². The number of benzene rings is 2. The van der Waals surface area contributed by atoms with E-state index in [0.29, 0.717) is 24.5 Å². The summed E-state index contributed by atoms with van der Waals surface area (Å²) < 4.78 is 6.78. The summed E-state index contributed by atoms with van der Waals surface area (Å²) in [5.74, 6) is 1.23. The van der Waals surface area contributed by atoms with Crippen LogP contribution in [0.4, 0.5) is 5.69 Å². The molecule has 26 heavy (non-hydrogen) atoms. The van der Waals surface area contributed by atoms with Crippen molar-refractivity contribution in [3.05, 3.63) is 69.6 Å². The fourth-order valence-corrected chi connectivity index (χ4v) is 3.24. The topological polar surface area (TPSA) is 55.1 Å². The lowest BCUT2D eigenvalue weighted by Gasteiger charge is -2.12. The summed E-state index contributed by atoms with van der Waals surface area (Å²) in [6.45, 7) is 6.07. The van der Waals surface area contributed by atoms with Gasteiger partial charge in [-0.1, -0.05) is 45.8 Å². The predicted molar refractivity (Wildman–Crippen MR) is 107 cm³/mol. The normalized spacial score (nSPS) is 10.8. The Labute approximate surface area is 161 Å². The molecule has 0 saturated heterocycles. The monoisotopic (exact) mass is 412 g/mol. The van der Waals surface area contributed by atoms with Gasteiger partial charge >= 0.3 is 0 Å². The zero-order valence-corrected chi connectivity index (χ0v) is 16.7. The van der Waals surface area contributed by atoms with Crippen molar-refractivity contribution in [1.82, 2.24) is 4.98 Å². The van der Waals surface area contributed by atoms with Crippen LogP contribution in [0.15, 0.2) is 51.5 Å². The van der Waals surface area contributed by atoms with E-state index in [9.17, 15) is 4.79 Å². The third-order valence-electron chi connectivity index (χ3n) is 4.19. The number of amides is 1. The molecule has 2 aromatic carbocycles. The number of anilines is 1. The predicted octanol–water partition coefficient (Wildman–Crippen LogP) is 5.60. The fourth-order valence-electron chi connectivity index (χ4n) is 2.97. The van der Waals surface area contributed by atoms with Crippen molar-refractivity contribution in [3.8, 4) is 11.3 Å². The summed E-state index contributed by atoms with van der Waals surface area (Å²) in [6, 6.07) is 12.0. The Morgan fingerprint density at radius 1 is 1.12 bits per heavy atom. The summed E-state index contributed by atoms with van der Waals surface area (Å²) in [7, 11) is 0. The van der Waals surface area contributed by atoms with Gasteiger partial charge in [0.05, 0.1) is 6.20 Å². The first-order chi connectivity index (χ1) is 12.4. The van der Waals surface area contributed by atoms with Crippen molar-refractivity contribution in [1.29, 1.82) is 0 Å². The van der Waals surface area contributed by atoms with Crippen LogP contribution in [-0.2, 0) is 11.2 Å². The van der Waals surface area contributed by atoms with Gasteiger partial charge in [0.1, 0.15) is 0 Å². The molecule has 0 unspecified atom stereocenters. The second-order valence-corrected chi connectivity index (χ2v) is 7.36. The minimum absolute atomic E-state index is 0.0385. The number of carbonyl (C=O) groups is 1. The molecule has 3 aromatic rings. The molecule has 0 radical (unpaired) electrons. The Morgan fingerprint density at radius 3 is 2.42 bits per heavy atom. The number of nitrogens with zero attached hydrogens (tertiary/aromatic N) is 1. The molecular weight excluding hydrogens is 392 g/mol. The lowest BCUT2D eigenvalue weighted by atomic mass is 10.0. The Morgan fingerprint density at radius 2 is 1.77 bits per heavy atom. The van der Waals surface area contributed by atoms with Crippen molar-refractivity contribution >= 4 is 27.5 Å². The van der Waals surface area contributed by atoms with Crippen molar-refractivity contribution in [3.63, 3.8) is 0 Å². The molecule has 0 bridgehead atoms. The summed E-state index contributed by atoms with van der Waals surface area (Å²) in [5, 5.41) is 3.01. The number of rotatable bonds is 5. The molecule has 1 amide bonds. The van der Waals surface area contributed by atoms with E-state index in [0.717, 1.165) is 26.9 Å². The van der Waals surface area contributed by atoms with Crippen LogP contribution in [0, 0.1) is 20.8 Å². The van der Waals surface area contributed by atoms with Gasteiger partial charge < -0.3 is 9.73 Å². The summed E-state index contributed by atoms with van der Waals surface area (Å²) in [6.07, 6.45) is 2.49. The van der Waals surface area contributed by atoms with Gasteiger partial charge in [-0.25, -0.2) is 4.98 Å². The Balaban J connectivity index is 1.61. The molecule has 134 valence electrons. The second-order valence-electron chi connectivity index (χ2n) is 6.45. The maximum absolute atomic E-state index is 12.3. The van der Waals surface area contributed by atoms with Gasteiger partial charge in [0.15, 0.2) is 11.7 Å². The highest BCUT2D eigenvalue weighted by atomic mass is 79.9. The fraction of sp³-hybridized carbons (Fsp3) is 0.238. The van der Waals surface area contributed by atoms with Crippen molar-refractivity contribution in [2.24, 2.45) is 0 Å². The van der Waals surface area contributed by atoms with Crippen LogP contribution < -0.4 is 5.32 Å². The molecule has 0 aliphatic heterocycles. The van der Waals surface area contributed by atoms with Gasteiger partial charge in [-0.2, -0.15) is 0 Å². The first-order valence-corrected chi connectivity index (χ1v) is 9.30. The maximum atomic E-state index is 12.3. The van der Waals surface area contributed by atoms with Gasteiger partial charge in [0.2, 0.25) is 5.91 Å². The number of aromatic nitrogens is 1. The molecule has 0 aliphatic carbocycles. The molecule has 0 atom stereocenters. The van der Waals surface area contributed by atoms with Gasteiger partial charge in [-0.15, -0.1) is 0 Å². The maximum Gasteiger partial charge on any atom is 0.224 e. The van der Waals surface area contributed by atoms with E-state index < -0.39 is 0 Å². The van der Waals surface area contributed by atoms with Crippen LogP contribution >= 0.6 is 15.9 Å². The van der Waals surface area contributed by atoms with E-state index in [4.69, 9.17) is 4.42 Å². The van der Waals surface area contributed by atoms with E-state index >= 15 is 0 Å². The zero-order chi connectivity index (χ0) is 18.7. The quantitative estimate of drug-likeness (QED) is 0.592. The first kappa shape index (κ1) is 18.4. The lowest BCUT2D eigenvalue weighted by molar-refractivity contribution is -0.116. The standard InChI is InChI=1S/C21H21BrN2O2/c1-13-10-14(2)21(15(3)11-13)24-19(25)8-9-20-23-12-18(26-20)16-4-6-17(22)7-5-16/h4-7,10-12H,8-9H2,1-3H3,(H,24,25). The van der Waals surface area contributed by atoms with E-state index in [-0.39, 0.29) is 5.91 Å². The highest BCUT2D eigenvalue weighted by molar-refractivity contribution is 9.10. The smallest absolute Gasteiger partial charge is 0.224 e. The molecule has 0 aliphatic rings. The van der Waals surface area contributed by atoms with E-state index in [1.54, 1.807) is 6.20 Å². The molecule has 3 rings (SSSR count). The van der Waals surface area contributed by atoms with E-state index in [1.807, 2.05) is 38.1 Å². The Kier molecular flexibility index (Phi) is 5.57. The first-order valence-electron chi connectivity index (χ1n) is 8.51. The average molecular weight is 413 g/mol. The number of halogens is 1. The SMILES string of the molecule is Cc1cc(C)c(NC(=O)CCc2ncc(-c3ccc(Br)cc3)o2)c(C)c1. The Bertz CT molecular complexity index is 906. The van der Waals surface area contributed by atoms with Crippen LogP contribution in [0.25, 0.3) is 11.3 Å². The number of hydrogen-bond donors (Lipinski definition) is 1.